The average Bonchev–Trinajstić information content (AvgIpc) is 3.60. The third-order valence-corrected chi connectivity index (χ3v) is 8.55. The fraction of sp³-hybridized carbons (Fsp3) is 0.0750. The summed E-state index contributed by atoms with van der Waals surface area (Å²) >= 11 is 0. The minimum absolute atomic E-state index is 0.574. The van der Waals surface area contributed by atoms with Crippen LogP contribution in [0.15, 0.2) is 134 Å². The van der Waals surface area contributed by atoms with E-state index in [4.69, 9.17) is 15.0 Å². The van der Waals surface area contributed by atoms with E-state index in [9.17, 15) is 0 Å². The van der Waals surface area contributed by atoms with Crippen molar-refractivity contribution in [2.75, 3.05) is 0 Å². The molecule has 8 rings (SSSR count). The Labute approximate surface area is 261 Å². The van der Waals surface area contributed by atoms with Crippen molar-refractivity contribution in [3.8, 4) is 23.0 Å². The normalized spacial score (nSPS) is 13.3. The first kappa shape index (κ1) is 26.8. The summed E-state index contributed by atoms with van der Waals surface area (Å²) in [5, 5.41) is 3.53. The zero-order chi connectivity index (χ0) is 30.3. The molecule has 4 aromatic carbocycles. The summed E-state index contributed by atoms with van der Waals surface area (Å²) in [5.74, 6) is 1.77. The van der Waals surface area contributed by atoms with Gasteiger partial charge in [-0.2, -0.15) is 9.97 Å². The van der Waals surface area contributed by atoms with E-state index in [2.05, 4.69) is 94.6 Å². The van der Waals surface area contributed by atoms with Gasteiger partial charge >= 0.3 is 0 Å². The summed E-state index contributed by atoms with van der Waals surface area (Å²) in [6.07, 6.45) is 14.4. The molecule has 0 saturated carbocycles. The first-order valence-electron chi connectivity index (χ1n) is 15.4. The first-order valence-corrected chi connectivity index (χ1v) is 15.4. The van der Waals surface area contributed by atoms with Crippen molar-refractivity contribution in [1.82, 2.24) is 24.1 Å². The zero-order valence-electron chi connectivity index (χ0n) is 25.1. The third-order valence-electron chi connectivity index (χ3n) is 8.55. The molecule has 5 heteroatoms. The van der Waals surface area contributed by atoms with E-state index in [1.54, 1.807) is 6.08 Å². The van der Waals surface area contributed by atoms with Crippen molar-refractivity contribution in [3.63, 3.8) is 0 Å². The lowest BCUT2D eigenvalue weighted by Crippen LogP contribution is -2.07. The van der Waals surface area contributed by atoms with Gasteiger partial charge in [0.25, 0.3) is 0 Å². The predicted molar refractivity (Wildman–Crippen MR) is 187 cm³/mol. The van der Waals surface area contributed by atoms with Crippen molar-refractivity contribution in [1.29, 1.82) is 0 Å². The van der Waals surface area contributed by atoms with E-state index >= 15 is 0 Å². The molecule has 0 spiro atoms. The van der Waals surface area contributed by atoms with Crippen LogP contribution in [-0.4, -0.2) is 24.1 Å². The van der Waals surface area contributed by atoms with E-state index in [1.165, 1.54) is 27.8 Å². The van der Waals surface area contributed by atoms with Crippen LogP contribution < -0.4 is 0 Å². The number of allylic oxidation sites excluding steroid dienone is 6. The number of aromatic nitrogens is 5. The van der Waals surface area contributed by atoms with Crippen LogP contribution in [0.5, 0.6) is 0 Å². The monoisotopic (exact) mass is 581 g/mol. The molecular weight excluding hydrogens is 550 g/mol. The molecular formula is C40H31N5. The average molecular weight is 582 g/mol. The molecule has 0 unspecified atom stereocenters. The Morgan fingerprint density at radius 1 is 0.756 bits per heavy atom. The van der Waals surface area contributed by atoms with Gasteiger partial charge in [0.1, 0.15) is 0 Å². The molecule has 0 saturated heterocycles. The van der Waals surface area contributed by atoms with Gasteiger partial charge in [0.05, 0.1) is 16.6 Å². The van der Waals surface area contributed by atoms with Gasteiger partial charge in [0.15, 0.2) is 11.6 Å². The third kappa shape index (κ3) is 4.44. The van der Waals surface area contributed by atoms with Gasteiger partial charge in [0, 0.05) is 44.2 Å². The van der Waals surface area contributed by atoms with Crippen LogP contribution in [0.2, 0.25) is 0 Å². The molecule has 216 valence electrons. The van der Waals surface area contributed by atoms with E-state index in [0.29, 0.717) is 17.6 Å². The highest BCUT2D eigenvalue weighted by atomic mass is 15.2. The lowest BCUT2D eigenvalue weighted by molar-refractivity contribution is 0.889. The van der Waals surface area contributed by atoms with Crippen molar-refractivity contribution in [3.05, 3.63) is 151 Å². The Kier molecular flexibility index (Phi) is 6.57. The fourth-order valence-electron chi connectivity index (χ4n) is 6.51. The minimum atomic E-state index is 0.574. The second kappa shape index (κ2) is 11.0. The lowest BCUT2D eigenvalue weighted by atomic mass is 10.0. The Balaban J connectivity index is 1.47. The summed E-state index contributed by atoms with van der Waals surface area (Å²) in [4.78, 5) is 15.1. The maximum atomic E-state index is 5.11. The molecule has 1 aliphatic rings. The highest BCUT2D eigenvalue weighted by Gasteiger charge is 2.23. The zero-order valence-corrected chi connectivity index (χ0v) is 25.1. The summed E-state index contributed by atoms with van der Waals surface area (Å²) in [6, 6.07) is 34.0. The van der Waals surface area contributed by atoms with Gasteiger partial charge in [-0.05, 0) is 50.1 Å². The molecule has 0 aliphatic heterocycles. The van der Waals surface area contributed by atoms with Crippen LogP contribution in [0.4, 0.5) is 0 Å². The molecule has 0 bridgehead atoms. The van der Waals surface area contributed by atoms with E-state index in [0.717, 1.165) is 45.8 Å². The summed E-state index contributed by atoms with van der Waals surface area (Å²) in [6.45, 7) is 6.06. The maximum Gasteiger partial charge on any atom is 0.238 e. The Morgan fingerprint density at radius 2 is 1.49 bits per heavy atom. The summed E-state index contributed by atoms with van der Waals surface area (Å²) in [7, 11) is 0. The fourth-order valence-corrected chi connectivity index (χ4v) is 6.51. The molecule has 0 radical (unpaired) electrons. The predicted octanol–water partition coefficient (Wildman–Crippen LogP) is 9.68. The molecule has 0 N–H and O–H groups in total. The number of rotatable bonds is 6. The number of para-hydroxylation sites is 2. The van der Waals surface area contributed by atoms with E-state index in [-0.39, 0.29) is 0 Å². The number of hydrogen-bond donors (Lipinski definition) is 0. The summed E-state index contributed by atoms with van der Waals surface area (Å²) < 4.78 is 4.63. The highest BCUT2D eigenvalue weighted by Crippen LogP contribution is 2.40. The smallest absolute Gasteiger partial charge is 0.238 e. The molecule has 0 atom stereocenters. The second-order valence-corrected chi connectivity index (χ2v) is 11.2. The van der Waals surface area contributed by atoms with Gasteiger partial charge in [-0.25, -0.2) is 4.98 Å². The molecule has 3 aromatic heterocycles. The van der Waals surface area contributed by atoms with Gasteiger partial charge in [-0.15, -0.1) is 0 Å². The number of benzene rings is 4. The van der Waals surface area contributed by atoms with Crippen molar-refractivity contribution < 1.29 is 0 Å². The molecule has 7 aromatic rings. The molecule has 3 heterocycles. The number of hydrogen-bond acceptors (Lipinski definition) is 3. The number of nitrogens with zero attached hydrogens (tertiary/aromatic N) is 5. The second-order valence-electron chi connectivity index (χ2n) is 11.2. The topological polar surface area (TPSA) is 48.5 Å². The van der Waals surface area contributed by atoms with Gasteiger partial charge in [0.2, 0.25) is 5.95 Å². The first-order chi connectivity index (χ1) is 22.2. The van der Waals surface area contributed by atoms with E-state index in [1.807, 2.05) is 55.5 Å². The van der Waals surface area contributed by atoms with Crippen LogP contribution in [-0.2, 0) is 6.42 Å². The van der Waals surface area contributed by atoms with Gasteiger partial charge in [-0.1, -0.05) is 110 Å². The van der Waals surface area contributed by atoms with Crippen LogP contribution in [0.25, 0.3) is 67.4 Å². The molecule has 5 nitrogen and oxygen atoms in total. The molecule has 0 fully saturated rings. The summed E-state index contributed by atoms with van der Waals surface area (Å²) in [5.41, 5.74) is 8.88. The maximum absolute atomic E-state index is 5.11. The minimum Gasteiger partial charge on any atom is -0.313 e. The largest absolute Gasteiger partial charge is 0.313 e. The quantitative estimate of drug-likeness (QED) is 0.184. The Morgan fingerprint density at radius 3 is 2.29 bits per heavy atom. The Bertz CT molecular complexity index is 2330. The highest BCUT2D eigenvalue weighted by molar-refractivity contribution is 6.14. The molecule has 1 aliphatic carbocycles. The van der Waals surface area contributed by atoms with Gasteiger partial charge in [-0.3, -0.25) is 4.57 Å². The van der Waals surface area contributed by atoms with Crippen molar-refractivity contribution >= 4 is 44.4 Å². The van der Waals surface area contributed by atoms with E-state index < -0.39 is 0 Å². The van der Waals surface area contributed by atoms with Crippen molar-refractivity contribution in [2.24, 2.45) is 0 Å². The Hall–Kier alpha value is -5.81. The van der Waals surface area contributed by atoms with Crippen LogP contribution >= 0.6 is 0 Å². The van der Waals surface area contributed by atoms with Gasteiger partial charge < -0.3 is 4.57 Å². The number of fused-ring (bicyclic) bond motifs is 6. The van der Waals surface area contributed by atoms with Crippen LogP contribution in [0, 0.1) is 0 Å². The molecule has 0 amide bonds. The van der Waals surface area contributed by atoms with Crippen LogP contribution in [0.1, 0.15) is 30.4 Å². The SMILES string of the molecule is C=C/C(=C\C=C/C)c1nc(-c2ccccc2)nc(-n2c3ccccc3c3cc4c(cc32)c2c(n4-c3ccccc3)CCC=C2)n1. The van der Waals surface area contributed by atoms with Crippen LogP contribution in [0.3, 0.4) is 0 Å². The lowest BCUT2D eigenvalue weighted by Gasteiger charge is -2.13. The van der Waals surface area contributed by atoms with Crippen molar-refractivity contribution in [2.45, 2.75) is 19.8 Å². The standard InChI is InChI=1S/C40H31N5/c1-3-5-16-27(4-2)38-41-39(28-17-8-6-9-18-28)43-40(42-38)45-35-24-15-13-22-31(35)33-25-36-32(26-37(33)45)30-21-12-14-23-34(30)44(36)29-19-10-7-11-20-29/h3-13,15-22,24-26H,2,14,23H2,1H3/b5-3-,27-16+. The molecule has 45 heavy (non-hydrogen) atoms.